The third-order valence-electron chi connectivity index (χ3n) is 3.04. The summed E-state index contributed by atoms with van der Waals surface area (Å²) in [7, 11) is 0. The molecule has 0 spiro atoms. The van der Waals surface area contributed by atoms with E-state index in [1.165, 1.54) is 18.2 Å². The van der Waals surface area contributed by atoms with Crippen LogP contribution in [0.5, 0.6) is 0 Å². The Bertz CT molecular complexity index is 656. The molecule has 0 aliphatic rings. The number of anilines is 3. The van der Waals surface area contributed by atoms with E-state index in [9.17, 15) is 9.18 Å². The molecule has 2 rings (SSSR count). The molecule has 0 unspecified atom stereocenters. The Kier molecular flexibility index (Phi) is 3.89. The molecule has 0 fully saturated rings. The molecule has 0 aliphatic heterocycles. The summed E-state index contributed by atoms with van der Waals surface area (Å²) in [5, 5.41) is 5.31. The van der Waals surface area contributed by atoms with Crippen LogP contribution in [0.15, 0.2) is 36.4 Å². The standard InChI is InChI=1S/C15H16FN3O/c1-9-6-7-13(17)10(2)14(9)19-15(20)18-12-5-3-4-11(16)8-12/h3-8H,17H2,1-2H3,(H2,18,19,20). The molecule has 0 atom stereocenters. The first-order valence-electron chi connectivity index (χ1n) is 6.16. The minimum Gasteiger partial charge on any atom is -0.398 e. The Labute approximate surface area is 116 Å². The molecule has 5 heteroatoms. The zero-order valence-corrected chi connectivity index (χ0v) is 11.3. The normalized spacial score (nSPS) is 10.2. The third-order valence-corrected chi connectivity index (χ3v) is 3.04. The number of carbonyl (C=O) groups excluding carboxylic acids is 1. The smallest absolute Gasteiger partial charge is 0.323 e. The van der Waals surface area contributed by atoms with E-state index in [0.717, 1.165) is 11.1 Å². The Morgan fingerprint density at radius 3 is 2.60 bits per heavy atom. The molecule has 2 aromatic rings. The van der Waals surface area contributed by atoms with Crippen LogP contribution in [-0.2, 0) is 0 Å². The van der Waals surface area contributed by atoms with Crippen molar-refractivity contribution in [2.24, 2.45) is 0 Å². The molecule has 2 aromatic carbocycles. The van der Waals surface area contributed by atoms with Crippen molar-refractivity contribution in [1.82, 2.24) is 0 Å². The van der Waals surface area contributed by atoms with Crippen molar-refractivity contribution in [2.45, 2.75) is 13.8 Å². The molecule has 0 saturated carbocycles. The Hall–Kier alpha value is -2.56. The maximum Gasteiger partial charge on any atom is 0.323 e. The van der Waals surface area contributed by atoms with E-state index in [1.807, 2.05) is 19.9 Å². The number of aryl methyl sites for hydroxylation is 1. The molecule has 20 heavy (non-hydrogen) atoms. The Morgan fingerprint density at radius 1 is 1.15 bits per heavy atom. The highest BCUT2D eigenvalue weighted by Gasteiger charge is 2.09. The number of hydrogen-bond acceptors (Lipinski definition) is 2. The first kappa shape index (κ1) is 13.9. The van der Waals surface area contributed by atoms with Gasteiger partial charge in [-0.1, -0.05) is 12.1 Å². The van der Waals surface area contributed by atoms with Gasteiger partial charge in [-0.15, -0.1) is 0 Å². The number of nitrogen functional groups attached to an aromatic ring is 1. The van der Waals surface area contributed by atoms with Crippen LogP contribution in [0.4, 0.5) is 26.2 Å². The lowest BCUT2D eigenvalue weighted by Crippen LogP contribution is -2.21. The van der Waals surface area contributed by atoms with E-state index in [2.05, 4.69) is 10.6 Å². The molecule has 0 radical (unpaired) electrons. The van der Waals surface area contributed by atoms with Crippen molar-refractivity contribution in [3.05, 3.63) is 53.3 Å². The number of nitrogens with two attached hydrogens (primary N) is 1. The SMILES string of the molecule is Cc1ccc(N)c(C)c1NC(=O)Nc1cccc(F)c1. The maximum absolute atomic E-state index is 13.0. The van der Waals surface area contributed by atoms with Crippen molar-refractivity contribution in [3.63, 3.8) is 0 Å². The number of hydrogen-bond donors (Lipinski definition) is 3. The second kappa shape index (κ2) is 5.61. The number of rotatable bonds is 2. The molecule has 4 nitrogen and oxygen atoms in total. The number of halogens is 1. The molecule has 104 valence electrons. The van der Waals surface area contributed by atoms with Crippen LogP contribution in [0.3, 0.4) is 0 Å². The predicted molar refractivity (Wildman–Crippen MR) is 79.4 cm³/mol. The number of benzene rings is 2. The van der Waals surface area contributed by atoms with Crippen LogP contribution in [0, 0.1) is 19.7 Å². The second-order valence-electron chi connectivity index (χ2n) is 4.56. The van der Waals surface area contributed by atoms with E-state index < -0.39 is 11.8 Å². The van der Waals surface area contributed by atoms with Gasteiger partial charge in [-0.3, -0.25) is 0 Å². The van der Waals surface area contributed by atoms with Gasteiger partial charge in [0.1, 0.15) is 5.82 Å². The van der Waals surface area contributed by atoms with Crippen molar-refractivity contribution in [1.29, 1.82) is 0 Å². The van der Waals surface area contributed by atoms with E-state index in [0.29, 0.717) is 17.1 Å². The molecule has 0 saturated heterocycles. The van der Waals surface area contributed by atoms with E-state index in [-0.39, 0.29) is 0 Å². The summed E-state index contributed by atoms with van der Waals surface area (Å²) in [5.41, 5.74) is 9.19. The van der Waals surface area contributed by atoms with Crippen molar-refractivity contribution >= 4 is 23.1 Å². The topological polar surface area (TPSA) is 67.1 Å². The third kappa shape index (κ3) is 3.06. The van der Waals surface area contributed by atoms with Gasteiger partial charge in [0.15, 0.2) is 0 Å². The summed E-state index contributed by atoms with van der Waals surface area (Å²) in [5.74, 6) is -0.404. The molecular formula is C15H16FN3O. The fraction of sp³-hybridized carbons (Fsp3) is 0.133. The number of urea groups is 1. The van der Waals surface area contributed by atoms with Crippen molar-refractivity contribution in [3.8, 4) is 0 Å². The second-order valence-corrected chi connectivity index (χ2v) is 4.56. The van der Waals surface area contributed by atoms with Gasteiger partial charge >= 0.3 is 6.03 Å². The van der Waals surface area contributed by atoms with Crippen LogP contribution in [0.25, 0.3) is 0 Å². The highest BCUT2D eigenvalue weighted by molar-refractivity contribution is 6.01. The predicted octanol–water partition coefficient (Wildman–Crippen LogP) is 3.67. The fourth-order valence-electron chi connectivity index (χ4n) is 1.90. The summed E-state index contributed by atoms with van der Waals surface area (Å²) < 4.78 is 13.0. The molecule has 0 heterocycles. The summed E-state index contributed by atoms with van der Waals surface area (Å²) in [6.45, 7) is 3.71. The van der Waals surface area contributed by atoms with Crippen LogP contribution < -0.4 is 16.4 Å². The highest BCUT2D eigenvalue weighted by Crippen LogP contribution is 2.25. The zero-order valence-electron chi connectivity index (χ0n) is 11.3. The van der Waals surface area contributed by atoms with Gasteiger partial charge in [0.25, 0.3) is 0 Å². The lowest BCUT2D eigenvalue weighted by atomic mass is 10.1. The number of carbonyl (C=O) groups is 1. The Balaban J connectivity index is 2.15. The quantitative estimate of drug-likeness (QED) is 0.731. The number of amides is 2. The molecular weight excluding hydrogens is 257 g/mol. The van der Waals surface area contributed by atoms with Gasteiger partial charge in [-0.05, 0) is 49.2 Å². The summed E-state index contributed by atoms with van der Waals surface area (Å²) in [6, 6.07) is 8.89. The summed E-state index contributed by atoms with van der Waals surface area (Å²) in [6.07, 6.45) is 0. The van der Waals surface area contributed by atoms with Gasteiger partial charge in [0.2, 0.25) is 0 Å². The van der Waals surface area contributed by atoms with Crippen LogP contribution >= 0.6 is 0 Å². The lowest BCUT2D eigenvalue weighted by molar-refractivity contribution is 0.262. The average molecular weight is 273 g/mol. The van der Waals surface area contributed by atoms with E-state index in [1.54, 1.807) is 12.1 Å². The largest absolute Gasteiger partial charge is 0.398 e. The van der Waals surface area contributed by atoms with Crippen molar-refractivity contribution < 1.29 is 9.18 Å². The lowest BCUT2D eigenvalue weighted by Gasteiger charge is -2.14. The first-order chi connectivity index (χ1) is 9.47. The van der Waals surface area contributed by atoms with E-state index >= 15 is 0 Å². The Morgan fingerprint density at radius 2 is 1.90 bits per heavy atom. The van der Waals surface area contributed by atoms with Gasteiger partial charge < -0.3 is 16.4 Å². The molecule has 0 bridgehead atoms. The zero-order chi connectivity index (χ0) is 14.7. The molecule has 4 N–H and O–H groups in total. The fourth-order valence-corrected chi connectivity index (χ4v) is 1.90. The highest BCUT2D eigenvalue weighted by atomic mass is 19.1. The van der Waals surface area contributed by atoms with Gasteiger partial charge in [-0.2, -0.15) is 0 Å². The molecule has 0 aromatic heterocycles. The van der Waals surface area contributed by atoms with Crippen LogP contribution in [0.2, 0.25) is 0 Å². The molecule has 0 aliphatic carbocycles. The summed E-state index contributed by atoms with van der Waals surface area (Å²) >= 11 is 0. The van der Waals surface area contributed by atoms with Gasteiger partial charge in [0, 0.05) is 11.4 Å². The van der Waals surface area contributed by atoms with Crippen LogP contribution in [-0.4, -0.2) is 6.03 Å². The summed E-state index contributed by atoms with van der Waals surface area (Å²) in [4.78, 5) is 11.9. The van der Waals surface area contributed by atoms with Gasteiger partial charge in [-0.25, -0.2) is 9.18 Å². The minimum atomic E-state index is -0.438. The first-order valence-corrected chi connectivity index (χ1v) is 6.16. The van der Waals surface area contributed by atoms with Gasteiger partial charge in [0.05, 0.1) is 5.69 Å². The van der Waals surface area contributed by atoms with Crippen LogP contribution in [0.1, 0.15) is 11.1 Å². The minimum absolute atomic E-state index is 0.390. The monoisotopic (exact) mass is 273 g/mol. The average Bonchev–Trinajstić information content (AvgIpc) is 2.39. The molecule has 2 amide bonds. The number of nitrogens with one attached hydrogen (secondary N) is 2. The van der Waals surface area contributed by atoms with Crippen molar-refractivity contribution in [2.75, 3.05) is 16.4 Å². The maximum atomic E-state index is 13.0. The van der Waals surface area contributed by atoms with E-state index in [4.69, 9.17) is 5.73 Å².